The van der Waals surface area contributed by atoms with Crippen molar-refractivity contribution >= 4 is 11.8 Å². The zero-order valence-electron chi connectivity index (χ0n) is 8.86. The van der Waals surface area contributed by atoms with Crippen molar-refractivity contribution in [1.82, 2.24) is 4.90 Å². The largest absolute Gasteiger partial charge is 0.368 e. The summed E-state index contributed by atoms with van der Waals surface area (Å²) >= 11 is 0. The quantitative estimate of drug-likeness (QED) is 0.785. The van der Waals surface area contributed by atoms with Crippen molar-refractivity contribution in [3.63, 3.8) is 0 Å². The number of nitrogens with two attached hydrogens (primary N) is 1. The zero-order valence-corrected chi connectivity index (χ0v) is 8.86. The van der Waals surface area contributed by atoms with E-state index in [4.69, 9.17) is 5.73 Å². The van der Waals surface area contributed by atoms with Crippen LogP contribution < -0.4 is 5.73 Å². The van der Waals surface area contributed by atoms with Gasteiger partial charge in [0.05, 0.1) is 6.54 Å². The summed E-state index contributed by atoms with van der Waals surface area (Å²) in [6, 6.07) is 7.24. The second kappa shape index (κ2) is 4.59. The van der Waals surface area contributed by atoms with E-state index in [1.54, 1.807) is 19.2 Å². The molecule has 0 saturated carbocycles. The number of hydrogen-bond acceptors (Lipinski definition) is 2. The average molecular weight is 206 g/mol. The van der Waals surface area contributed by atoms with Crippen LogP contribution in [-0.4, -0.2) is 30.3 Å². The van der Waals surface area contributed by atoms with Crippen LogP contribution in [0.3, 0.4) is 0 Å². The summed E-state index contributed by atoms with van der Waals surface area (Å²) < 4.78 is 0. The predicted molar refractivity (Wildman–Crippen MR) is 57.3 cm³/mol. The third kappa shape index (κ3) is 2.80. The summed E-state index contributed by atoms with van der Waals surface area (Å²) in [6.07, 6.45) is 0. The van der Waals surface area contributed by atoms with Gasteiger partial charge in [0.25, 0.3) is 5.91 Å². The number of amides is 2. The van der Waals surface area contributed by atoms with Crippen LogP contribution in [0, 0.1) is 6.92 Å². The lowest BCUT2D eigenvalue weighted by atomic mass is 10.1. The lowest BCUT2D eigenvalue weighted by Crippen LogP contribution is -2.35. The maximum atomic E-state index is 11.8. The van der Waals surface area contributed by atoms with Crippen LogP contribution in [0.15, 0.2) is 24.3 Å². The molecular weight excluding hydrogens is 192 g/mol. The molecule has 4 nitrogen and oxygen atoms in total. The van der Waals surface area contributed by atoms with Crippen LogP contribution in [0.25, 0.3) is 0 Å². The molecule has 1 aromatic carbocycles. The van der Waals surface area contributed by atoms with Crippen LogP contribution >= 0.6 is 0 Å². The van der Waals surface area contributed by atoms with E-state index in [9.17, 15) is 9.59 Å². The maximum absolute atomic E-state index is 11.8. The van der Waals surface area contributed by atoms with Gasteiger partial charge in [-0.3, -0.25) is 9.59 Å². The van der Waals surface area contributed by atoms with Gasteiger partial charge < -0.3 is 10.6 Å². The summed E-state index contributed by atoms with van der Waals surface area (Å²) in [5.41, 5.74) is 6.50. The number of carbonyl (C=O) groups is 2. The fourth-order valence-electron chi connectivity index (χ4n) is 1.32. The first kappa shape index (κ1) is 11.2. The molecule has 0 saturated heterocycles. The van der Waals surface area contributed by atoms with Crippen molar-refractivity contribution in [3.05, 3.63) is 35.4 Å². The smallest absolute Gasteiger partial charge is 0.254 e. The SMILES string of the molecule is Cc1ccccc1C(=O)N(C)CC(N)=O. The minimum atomic E-state index is -0.514. The third-order valence-corrected chi connectivity index (χ3v) is 2.12. The van der Waals surface area contributed by atoms with Crippen molar-refractivity contribution in [2.24, 2.45) is 5.73 Å². The van der Waals surface area contributed by atoms with Crippen LogP contribution in [0.1, 0.15) is 15.9 Å². The Hall–Kier alpha value is -1.84. The molecule has 2 N–H and O–H groups in total. The van der Waals surface area contributed by atoms with E-state index >= 15 is 0 Å². The van der Waals surface area contributed by atoms with Crippen LogP contribution in [0.2, 0.25) is 0 Å². The average Bonchev–Trinajstić information content (AvgIpc) is 2.16. The monoisotopic (exact) mass is 206 g/mol. The molecule has 4 heteroatoms. The van der Waals surface area contributed by atoms with Gasteiger partial charge in [0.2, 0.25) is 5.91 Å². The highest BCUT2D eigenvalue weighted by molar-refractivity contribution is 5.97. The summed E-state index contributed by atoms with van der Waals surface area (Å²) in [5, 5.41) is 0. The molecule has 0 atom stereocenters. The number of hydrogen-bond donors (Lipinski definition) is 1. The number of nitrogens with zero attached hydrogens (tertiary/aromatic N) is 1. The van der Waals surface area contributed by atoms with E-state index in [0.717, 1.165) is 5.56 Å². The van der Waals surface area contributed by atoms with Crippen molar-refractivity contribution < 1.29 is 9.59 Å². The van der Waals surface area contributed by atoms with Gasteiger partial charge in [0.15, 0.2) is 0 Å². The fraction of sp³-hybridized carbons (Fsp3) is 0.273. The lowest BCUT2D eigenvalue weighted by Gasteiger charge is -2.16. The van der Waals surface area contributed by atoms with Gasteiger partial charge in [-0.2, -0.15) is 0 Å². The number of benzene rings is 1. The van der Waals surface area contributed by atoms with E-state index < -0.39 is 5.91 Å². The first-order valence-electron chi connectivity index (χ1n) is 4.61. The highest BCUT2D eigenvalue weighted by Gasteiger charge is 2.14. The molecule has 0 unspecified atom stereocenters. The standard InChI is InChI=1S/C11H14N2O2/c1-8-5-3-4-6-9(8)11(15)13(2)7-10(12)14/h3-6H,7H2,1-2H3,(H2,12,14). The Balaban J connectivity index is 2.85. The minimum absolute atomic E-state index is 0.0623. The topological polar surface area (TPSA) is 63.4 Å². The number of aryl methyl sites for hydroxylation is 1. The molecule has 15 heavy (non-hydrogen) atoms. The molecule has 0 spiro atoms. The molecule has 2 amide bonds. The Morgan fingerprint density at radius 3 is 2.47 bits per heavy atom. The predicted octanol–water partition coefficient (Wildman–Crippen LogP) is 0.552. The van der Waals surface area contributed by atoms with Gasteiger partial charge >= 0.3 is 0 Å². The first-order valence-corrected chi connectivity index (χ1v) is 4.61. The van der Waals surface area contributed by atoms with Crippen LogP contribution in [0.4, 0.5) is 0 Å². The molecule has 0 aromatic heterocycles. The van der Waals surface area contributed by atoms with E-state index in [2.05, 4.69) is 0 Å². The summed E-state index contributed by atoms with van der Waals surface area (Å²) in [4.78, 5) is 23.8. The summed E-state index contributed by atoms with van der Waals surface area (Å²) in [6.45, 7) is 1.79. The number of carbonyl (C=O) groups excluding carboxylic acids is 2. The Morgan fingerprint density at radius 1 is 1.33 bits per heavy atom. The molecule has 1 aromatic rings. The van der Waals surface area contributed by atoms with Gasteiger partial charge in [0, 0.05) is 12.6 Å². The Bertz CT molecular complexity index is 388. The Morgan fingerprint density at radius 2 is 1.93 bits per heavy atom. The van der Waals surface area contributed by atoms with Crippen LogP contribution in [0.5, 0.6) is 0 Å². The Labute approximate surface area is 88.7 Å². The molecular formula is C11H14N2O2. The first-order chi connectivity index (χ1) is 7.02. The molecule has 0 fully saturated rings. The van der Waals surface area contributed by atoms with Gasteiger partial charge in [-0.05, 0) is 18.6 Å². The van der Waals surface area contributed by atoms with Crippen molar-refractivity contribution in [2.75, 3.05) is 13.6 Å². The number of likely N-dealkylation sites (N-methyl/N-ethyl adjacent to an activating group) is 1. The van der Waals surface area contributed by atoms with Crippen molar-refractivity contribution in [3.8, 4) is 0 Å². The molecule has 1 rings (SSSR count). The highest BCUT2D eigenvalue weighted by atomic mass is 16.2. The second-order valence-electron chi connectivity index (χ2n) is 3.44. The van der Waals surface area contributed by atoms with E-state index in [1.165, 1.54) is 4.90 Å². The molecule has 80 valence electrons. The second-order valence-corrected chi connectivity index (χ2v) is 3.44. The lowest BCUT2D eigenvalue weighted by molar-refractivity contribution is -0.118. The molecule has 0 radical (unpaired) electrons. The summed E-state index contributed by atoms with van der Waals surface area (Å²) in [7, 11) is 1.56. The fourth-order valence-corrected chi connectivity index (χ4v) is 1.32. The number of rotatable bonds is 3. The number of primary amides is 1. The molecule has 0 heterocycles. The van der Waals surface area contributed by atoms with Gasteiger partial charge in [0.1, 0.15) is 0 Å². The van der Waals surface area contributed by atoms with Gasteiger partial charge in [-0.1, -0.05) is 18.2 Å². The molecule has 0 bridgehead atoms. The van der Waals surface area contributed by atoms with E-state index in [-0.39, 0.29) is 12.5 Å². The molecule has 0 aliphatic heterocycles. The van der Waals surface area contributed by atoms with Crippen molar-refractivity contribution in [1.29, 1.82) is 0 Å². The van der Waals surface area contributed by atoms with E-state index in [0.29, 0.717) is 5.56 Å². The van der Waals surface area contributed by atoms with Crippen molar-refractivity contribution in [2.45, 2.75) is 6.92 Å². The Kier molecular flexibility index (Phi) is 3.44. The normalized spacial score (nSPS) is 9.73. The molecule has 0 aliphatic carbocycles. The maximum Gasteiger partial charge on any atom is 0.254 e. The third-order valence-electron chi connectivity index (χ3n) is 2.12. The van der Waals surface area contributed by atoms with Gasteiger partial charge in [-0.15, -0.1) is 0 Å². The van der Waals surface area contributed by atoms with Crippen LogP contribution in [-0.2, 0) is 4.79 Å². The zero-order chi connectivity index (χ0) is 11.4. The van der Waals surface area contributed by atoms with E-state index in [1.807, 2.05) is 19.1 Å². The van der Waals surface area contributed by atoms with Gasteiger partial charge in [-0.25, -0.2) is 0 Å². The highest BCUT2D eigenvalue weighted by Crippen LogP contribution is 2.09. The summed E-state index contributed by atoms with van der Waals surface area (Å²) in [5.74, 6) is -0.702. The molecule has 0 aliphatic rings. The minimum Gasteiger partial charge on any atom is -0.368 e.